The first-order valence-corrected chi connectivity index (χ1v) is 12.0. The van der Waals surface area contributed by atoms with Crippen molar-refractivity contribution in [3.63, 3.8) is 0 Å². The highest BCUT2D eigenvalue weighted by Crippen LogP contribution is 2.37. The summed E-state index contributed by atoms with van der Waals surface area (Å²) in [5.41, 5.74) is 4.01. The standard InChI is InChI=1S/C30H27BrO4/c1-32-27-15-9-14-24(30(27)35-21-23-12-7-4-8-13-23)16-17-25-18-26(19-28(33-2)29(25)31)34-20-22-10-5-3-6-11-22/h3-19H,20-21H2,1-2H3/b17-16-. The molecule has 0 fully saturated rings. The molecule has 0 unspecified atom stereocenters. The smallest absolute Gasteiger partial charge is 0.168 e. The van der Waals surface area contributed by atoms with Crippen molar-refractivity contribution in [3.05, 3.63) is 118 Å². The van der Waals surface area contributed by atoms with E-state index in [9.17, 15) is 0 Å². The van der Waals surface area contributed by atoms with Crippen LogP contribution in [0.4, 0.5) is 0 Å². The van der Waals surface area contributed by atoms with Gasteiger partial charge in [-0.2, -0.15) is 0 Å². The Labute approximate surface area is 214 Å². The van der Waals surface area contributed by atoms with Crippen molar-refractivity contribution in [1.29, 1.82) is 0 Å². The average molecular weight is 531 g/mol. The topological polar surface area (TPSA) is 36.9 Å². The van der Waals surface area contributed by atoms with Crippen molar-refractivity contribution in [2.45, 2.75) is 13.2 Å². The molecule has 0 amide bonds. The Bertz CT molecular complexity index is 1270. The van der Waals surface area contributed by atoms with E-state index in [0.29, 0.717) is 30.5 Å². The SMILES string of the molecule is COc1cc(OCc2ccccc2)cc(/C=C\c2cccc(OC)c2OCc2ccccc2)c1Br. The molecule has 0 radical (unpaired) electrons. The Kier molecular flexibility index (Phi) is 8.47. The van der Waals surface area contributed by atoms with Crippen LogP contribution in [0.2, 0.25) is 0 Å². The van der Waals surface area contributed by atoms with Gasteiger partial charge in [-0.05, 0) is 44.8 Å². The normalized spacial score (nSPS) is 10.8. The average Bonchev–Trinajstić information content (AvgIpc) is 2.91. The van der Waals surface area contributed by atoms with Crippen LogP contribution in [0.5, 0.6) is 23.0 Å². The summed E-state index contributed by atoms with van der Waals surface area (Å²) < 4.78 is 24.2. The van der Waals surface area contributed by atoms with Gasteiger partial charge < -0.3 is 18.9 Å². The molecule has 0 N–H and O–H groups in total. The third-order valence-electron chi connectivity index (χ3n) is 5.41. The maximum atomic E-state index is 6.18. The highest BCUT2D eigenvalue weighted by molar-refractivity contribution is 9.10. The quantitative estimate of drug-likeness (QED) is 0.196. The molecule has 0 heterocycles. The molecule has 0 bridgehead atoms. The maximum Gasteiger partial charge on any atom is 0.168 e. The first kappa shape index (κ1) is 24.4. The van der Waals surface area contributed by atoms with Gasteiger partial charge in [0.15, 0.2) is 11.5 Å². The number of hydrogen-bond donors (Lipinski definition) is 0. The number of methoxy groups -OCH3 is 2. The highest BCUT2D eigenvalue weighted by atomic mass is 79.9. The van der Waals surface area contributed by atoms with Crippen LogP contribution >= 0.6 is 15.9 Å². The van der Waals surface area contributed by atoms with Crippen LogP contribution in [0.25, 0.3) is 12.2 Å². The van der Waals surface area contributed by atoms with E-state index >= 15 is 0 Å². The third kappa shape index (κ3) is 6.46. The van der Waals surface area contributed by atoms with E-state index in [1.54, 1.807) is 14.2 Å². The van der Waals surface area contributed by atoms with Gasteiger partial charge in [-0.25, -0.2) is 0 Å². The van der Waals surface area contributed by atoms with Gasteiger partial charge in [0.25, 0.3) is 0 Å². The Morgan fingerprint density at radius 2 is 1.23 bits per heavy atom. The van der Waals surface area contributed by atoms with Crippen LogP contribution in [0, 0.1) is 0 Å². The zero-order valence-corrected chi connectivity index (χ0v) is 21.3. The molecule has 0 aliphatic carbocycles. The Balaban J connectivity index is 1.59. The summed E-state index contributed by atoms with van der Waals surface area (Å²) in [5, 5.41) is 0. The lowest BCUT2D eigenvalue weighted by atomic mass is 10.1. The lowest BCUT2D eigenvalue weighted by Gasteiger charge is -2.14. The van der Waals surface area contributed by atoms with Gasteiger partial charge in [0.05, 0.1) is 18.7 Å². The fourth-order valence-corrected chi connectivity index (χ4v) is 4.10. The van der Waals surface area contributed by atoms with E-state index in [4.69, 9.17) is 18.9 Å². The number of benzene rings is 4. The largest absolute Gasteiger partial charge is 0.495 e. The first-order valence-electron chi connectivity index (χ1n) is 11.2. The molecule has 0 saturated heterocycles. The predicted molar refractivity (Wildman–Crippen MR) is 144 cm³/mol. The molecule has 0 aliphatic heterocycles. The van der Waals surface area contributed by atoms with Crippen LogP contribution in [-0.2, 0) is 13.2 Å². The summed E-state index contributed by atoms with van der Waals surface area (Å²) in [6.07, 6.45) is 4.01. The minimum absolute atomic E-state index is 0.447. The van der Waals surface area contributed by atoms with Crippen molar-refractivity contribution < 1.29 is 18.9 Å². The van der Waals surface area contributed by atoms with Gasteiger partial charge in [0.1, 0.15) is 24.7 Å². The van der Waals surface area contributed by atoms with Crippen LogP contribution in [-0.4, -0.2) is 14.2 Å². The van der Waals surface area contributed by atoms with Gasteiger partial charge in [0, 0.05) is 11.6 Å². The number of hydrogen-bond acceptors (Lipinski definition) is 4. The molecule has 35 heavy (non-hydrogen) atoms. The second-order valence-electron chi connectivity index (χ2n) is 7.79. The van der Waals surface area contributed by atoms with E-state index in [-0.39, 0.29) is 0 Å². The van der Waals surface area contributed by atoms with E-state index < -0.39 is 0 Å². The van der Waals surface area contributed by atoms with Gasteiger partial charge in [0.2, 0.25) is 0 Å². The van der Waals surface area contributed by atoms with Crippen LogP contribution in [0.15, 0.2) is 95.5 Å². The molecular formula is C30H27BrO4. The zero-order chi connectivity index (χ0) is 24.5. The predicted octanol–water partition coefficient (Wildman–Crippen LogP) is 7.79. The summed E-state index contributed by atoms with van der Waals surface area (Å²) in [6.45, 7) is 0.921. The lowest BCUT2D eigenvalue weighted by molar-refractivity contribution is 0.284. The fraction of sp³-hybridized carbons (Fsp3) is 0.133. The van der Waals surface area contributed by atoms with Crippen molar-refractivity contribution in [2.24, 2.45) is 0 Å². The molecule has 4 rings (SSSR count). The molecule has 5 heteroatoms. The summed E-state index contributed by atoms with van der Waals surface area (Å²) in [4.78, 5) is 0. The van der Waals surface area contributed by atoms with Gasteiger partial charge in [-0.15, -0.1) is 0 Å². The second kappa shape index (κ2) is 12.1. The van der Waals surface area contributed by atoms with Gasteiger partial charge in [-0.1, -0.05) is 84.9 Å². The van der Waals surface area contributed by atoms with Crippen LogP contribution in [0.3, 0.4) is 0 Å². The molecule has 178 valence electrons. The summed E-state index contributed by atoms with van der Waals surface area (Å²) in [5.74, 6) is 2.79. The van der Waals surface area contributed by atoms with E-state index in [1.165, 1.54) is 0 Å². The molecular weight excluding hydrogens is 504 g/mol. The van der Waals surface area contributed by atoms with Crippen molar-refractivity contribution in [2.75, 3.05) is 14.2 Å². The van der Waals surface area contributed by atoms with Gasteiger partial charge in [-0.3, -0.25) is 0 Å². The summed E-state index contributed by atoms with van der Waals surface area (Å²) in [7, 11) is 3.29. The van der Waals surface area contributed by atoms with Gasteiger partial charge >= 0.3 is 0 Å². The molecule has 0 aliphatic rings. The fourth-order valence-electron chi connectivity index (χ4n) is 3.58. The Morgan fingerprint density at radius 3 is 1.86 bits per heavy atom. The Hall–Kier alpha value is -3.70. The maximum absolute atomic E-state index is 6.18. The minimum Gasteiger partial charge on any atom is -0.495 e. The summed E-state index contributed by atoms with van der Waals surface area (Å²) in [6, 6.07) is 29.8. The van der Waals surface area contributed by atoms with Crippen molar-refractivity contribution in [3.8, 4) is 23.0 Å². The summed E-state index contributed by atoms with van der Waals surface area (Å²) >= 11 is 3.67. The minimum atomic E-state index is 0.447. The monoisotopic (exact) mass is 530 g/mol. The zero-order valence-electron chi connectivity index (χ0n) is 19.7. The third-order valence-corrected chi connectivity index (χ3v) is 6.26. The number of ether oxygens (including phenoxy) is 4. The number of halogens is 1. The molecule has 4 aromatic rings. The second-order valence-corrected chi connectivity index (χ2v) is 8.58. The van der Waals surface area contributed by atoms with E-state index in [0.717, 1.165) is 32.5 Å². The first-order chi connectivity index (χ1) is 17.2. The highest BCUT2D eigenvalue weighted by Gasteiger charge is 2.12. The molecule has 0 atom stereocenters. The van der Waals surface area contributed by atoms with Crippen molar-refractivity contribution >= 4 is 28.1 Å². The number of rotatable bonds is 10. The van der Waals surface area contributed by atoms with E-state index in [1.807, 2.05) is 103 Å². The molecule has 0 aromatic heterocycles. The molecule has 0 spiro atoms. The molecule has 0 saturated carbocycles. The van der Waals surface area contributed by atoms with Crippen LogP contribution in [0.1, 0.15) is 22.3 Å². The lowest BCUT2D eigenvalue weighted by Crippen LogP contribution is -1.99. The Morgan fingerprint density at radius 1 is 0.629 bits per heavy atom. The van der Waals surface area contributed by atoms with E-state index in [2.05, 4.69) is 15.9 Å². The molecule has 4 nitrogen and oxygen atoms in total. The molecule has 4 aromatic carbocycles. The van der Waals surface area contributed by atoms with Crippen LogP contribution < -0.4 is 18.9 Å². The number of para-hydroxylation sites is 1. The van der Waals surface area contributed by atoms with Crippen molar-refractivity contribution in [1.82, 2.24) is 0 Å².